The molecule has 4 rings (SSSR count). The van der Waals surface area contributed by atoms with Gasteiger partial charge in [0.05, 0.1) is 5.69 Å². The second kappa shape index (κ2) is 7.45. The van der Waals surface area contributed by atoms with Crippen LogP contribution < -0.4 is 0 Å². The van der Waals surface area contributed by atoms with Gasteiger partial charge < -0.3 is 0 Å². The Morgan fingerprint density at radius 1 is 1.08 bits per heavy atom. The molecule has 3 unspecified atom stereocenters. The van der Waals surface area contributed by atoms with Crippen LogP contribution in [0.4, 0.5) is 0 Å². The van der Waals surface area contributed by atoms with Gasteiger partial charge in [-0.15, -0.1) is 0 Å². The van der Waals surface area contributed by atoms with Gasteiger partial charge in [0, 0.05) is 6.20 Å². The molecule has 1 heteroatoms. The van der Waals surface area contributed by atoms with E-state index in [0.29, 0.717) is 0 Å². The maximum absolute atomic E-state index is 4.54. The van der Waals surface area contributed by atoms with Crippen molar-refractivity contribution in [2.24, 2.45) is 11.8 Å². The Bertz CT molecular complexity index is 841. The topological polar surface area (TPSA) is 12.9 Å². The van der Waals surface area contributed by atoms with E-state index < -0.39 is 0 Å². The zero-order valence-corrected chi connectivity index (χ0v) is 15.6. The summed E-state index contributed by atoms with van der Waals surface area (Å²) in [6, 6.07) is 13.5. The van der Waals surface area contributed by atoms with Gasteiger partial charge in [0.1, 0.15) is 0 Å². The van der Waals surface area contributed by atoms with Gasteiger partial charge in [-0.3, -0.25) is 4.98 Å². The summed E-state index contributed by atoms with van der Waals surface area (Å²) in [5.41, 5.74) is 6.09. The van der Waals surface area contributed by atoms with Crippen LogP contribution in [0.5, 0.6) is 0 Å². The van der Waals surface area contributed by atoms with Crippen molar-refractivity contribution in [2.75, 3.05) is 0 Å². The molecule has 2 bridgehead atoms. The number of pyridine rings is 1. The minimum atomic E-state index is 0.799. The minimum Gasteiger partial charge on any atom is -0.256 e. The molecule has 26 heavy (non-hydrogen) atoms. The molecule has 2 aliphatic carbocycles. The van der Waals surface area contributed by atoms with Crippen molar-refractivity contribution in [2.45, 2.75) is 38.5 Å². The lowest BCUT2D eigenvalue weighted by Gasteiger charge is -2.22. The molecular weight excluding hydrogens is 314 g/mol. The van der Waals surface area contributed by atoms with E-state index in [2.05, 4.69) is 54.0 Å². The molecule has 0 aliphatic heterocycles. The maximum atomic E-state index is 4.54. The van der Waals surface area contributed by atoms with Gasteiger partial charge in [0.25, 0.3) is 0 Å². The fourth-order valence-corrected chi connectivity index (χ4v) is 4.88. The molecule has 1 aromatic heterocycles. The second-order valence-electron chi connectivity index (χ2n) is 7.69. The van der Waals surface area contributed by atoms with Crippen LogP contribution in [0.1, 0.15) is 49.8 Å². The number of hydrogen-bond donors (Lipinski definition) is 0. The molecular formula is C25H27N. The Balaban J connectivity index is 1.59. The molecule has 2 fully saturated rings. The normalized spacial score (nSPS) is 25.1. The monoisotopic (exact) mass is 341 g/mol. The van der Waals surface area contributed by atoms with Crippen LogP contribution in [0, 0.1) is 11.8 Å². The van der Waals surface area contributed by atoms with Crippen LogP contribution in [0.2, 0.25) is 0 Å². The van der Waals surface area contributed by atoms with Crippen LogP contribution >= 0.6 is 0 Å². The largest absolute Gasteiger partial charge is 0.256 e. The molecule has 0 spiro atoms. The lowest BCUT2D eigenvalue weighted by atomic mass is 9.83. The zero-order valence-electron chi connectivity index (χ0n) is 15.6. The van der Waals surface area contributed by atoms with E-state index in [1.165, 1.54) is 42.4 Å². The quantitative estimate of drug-likeness (QED) is 0.545. The predicted octanol–water partition coefficient (Wildman–Crippen LogP) is 6.80. The van der Waals surface area contributed by atoms with E-state index in [1.54, 1.807) is 0 Å². The van der Waals surface area contributed by atoms with Gasteiger partial charge >= 0.3 is 0 Å². The fraction of sp³-hybridized carbons (Fsp3) is 0.320. The fourth-order valence-electron chi connectivity index (χ4n) is 4.88. The Hall–Kier alpha value is -2.41. The zero-order chi connectivity index (χ0) is 17.9. The molecule has 0 amide bonds. The van der Waals surface area contributed by atoms with Gasteiger partial charge in [-0.25, -0.2) is 0 Å². The van der Waals surface area contributed by atoms with Crippen molar-refractivity contribution in [3.63, 3.8) is 0 Å². The Morgan fingerprint density at radius 3 is 2.58 bits per heavy atom. The molecule has 2 aliphatic rings. The first kappa shape index (κ1) is 17.0. The number of nitrogens with zero attached hydrogens (tertiary/aromatic N) is 1. The van der Waals surface area contributed by atoms with E-state index in [0.717, 1.165) is 29.0 Å². The predicted molar refractivity (Wildman–Crippen MR) is 111 cm³/mol. The molecule has 1 heterocycles. The van der Waals surface area contributed by atoms with Crippen molar-refractivity contribution in [1.29, 1.82) is 0 Å². The number of rotatable bonds is 5. The van der Waals surface area contributed by atoms with Crippen LogP contribution in [0.25, 0.3) is 16.7 Å². The summed E-state index contributed by atoms with van der Waals surface area (Å²) in [5, 5.41) is 0. The number of benzene rings is 1. The SMILES string of the molecule is C=C/C=C(\C=C/C)c1cc(-c2ccc(C3CC4CCC3C4)cc2)ccn1. The Morgan fingerprint density at radius 2 is 1.92 bits per heavy atom. The average molecular weight is 341 g/mol. The summed E-state index contributed by atoms with van der Waals surface area (Å²) >= 11 is 0. The van der Waals surface area contributed by atoms with Crippen LogP contribution in [-0.2, 0) is 0 Å². The summed E-state index contributed by atoms with van der Waals surface area (Å²) in [6.07, 6.45) is 15.6. The number of fused-ring (bicyclic) bond motifs is 2. The van der Waals surface area contributed by atoms with Crippen molar-refractivity contribution < 1.29 is 0 Å². The van der Waals surface area contributed by atoms with Crippen molar-refractivity contribution in [3.05, 3.63) is 84.7 Å². The highest BCUT2D eigenvalue weighted by molar-refractivity contribution is 5.76. The van der Waals surface area contributed by atoms with Crippen molar-refractivity contribution in [1.82, 2.24) is 4.98 Å². The summed E-state index contributed by atoms with van der Waals surface area (Å²) < 4.78 is 0. The van der Waals surface area contributed by atoms with E-state index in [-0.39, 0.29) is 0 Å². The molecule has 3 atom stereocenters. The molecule has 1 nitrogen and oxygen atoms in total. The highest BCUT2D eigenvalue weighted by atomic mass is 14.7. The third-order valence-electron chi connectivity index (χ3n) is 6.11. The minimum absolute atomic E-state index is 0.799. The van der Waals surface area contributed by atoms with Gasteiger partial charge in [-0.05, 0) is 78.3 Å². The lowest BCUT2D eigenvalue weighted by Crippen LogP contribution is -2.08. The Labute approximate surface area is 157 Å². The molecule has 2 saturated carbocycles. The highest BCUT2D eigenvalue weighted by Gasteiger charge is 2.39. The van der Waals surface area contributed by atoms with Gasteiger partial charge in [0.15, 0.2) is 0 Å². The van der Waals surface area contributed by atoms with Gasteiger partial charge in [0.2, 0.25) is 0 Å². The van der Waals surface area contributed by atoms with E-state index >= 15 is 0 Å². The van der Waals surface area contributed by atoms with Crippen LogP contribution in [-0.4, -0.2) is 4.98 Å². The second-order valence-corrected chi connectivity index (χ2v) is 7.69. The number of aromatic nitrogens is 1. The molecule has 1 aromatic carbocycles. The third-order valence-corrected chi connectivity index (χ3v) is 6.11. The molecule has 132 valence electrons. The van der Waals surface area contributed by atoms with Crippen molar-refractivity contribution >= 4 is 5.57 Å². The van der Waals surface area contributed by atoms with E-state index in [9.17, 15) is 0 Å². The van der Waals surface area contributed by atoms with E-state index in [4.69, 9.17) is 0 Å². The van der Waals surface area contributed by atoms with Gasteiger partial charge in [-0.2, -0.15) is 0 Å². The molecule has 2 aromatic rings. The molecule has 0 radical (unpaired) electrons. The summed E-state index contributed by atoms with van der Waals surface area (Å²) in [7, 11) is 0. The first-order valence-corrected chi connectivity index (χ1v) is 9.80. The first-order valence-electron chi connectivity index (χ1n) is 9.80. The van der Waals surface area contributed by atoms with Crippen molar-refractivity contribution in [3.8, 4) is 11.1 Å². The number of allylic oxidation sites excluding steroid dienone is 5. The lowest BCUT2D eigenvalue weighted by molar-refractivity contribution is 0.420. The summed E-state index contributed by atoms with van der Waals surface area (Å²) in [6.45, 7) is 5.84. The standard InChI is InChI=1S/C25H27N/c1-3-5-21(6-4-2)25-17-22(13-14-26-25)19-9-11-20(12-10-19)24-16-18-7-8-23(24)15-18/h3-6,9-14,17-18,23-24H,1,7-8,15-16H2,2H3/b6-4-,21-5+. The average Bonchev–Trinajstić information content (AvgIpc) is 3.32. The summed E-state index contributed by atoms with van der Waals surface area (Å²) in [4.78, 5) is 4.54. The van der Waals surface area contributed by atoms with Crippen LogP contribution in [0.3, 0.4) is 0 Å². The van der Waals surface area contributed by atoms with Crippen LogP contribution in [0.15, 0.2) is 73.5 Å². The maximum Gasteiger partial charge on any atom is 0.0708 e. The smallest absolute Gasteiger partial charge is 0.0708 e. The summed E-state index contributed by atoms with van der Waals surface area (Å²) in [5.74, 6) is 2.73. The third kappa shape index (κ3) is 3.31. The molecule has 0 saturated heterocycles. The van der Waals surface area contributed by atoms with E-state index in [1.807, 2.05) is 31.3 Å². The highest BCUT2D eigenvalue weighted by Crippen LogP contribution is 2.52. The Kier molecular flexibility index (Phi) is 4.88. The first-order chi connectivity index (χ1) is 12.8. The van der Waals surface area contributed by atoms with Gasteiger partial charge in [-0.1, -0.05) is 61.6 Å². The number of hydrogen-bond acceptors (Lipinski definition) is 1. The molecule has 0 N–H and O–H groups in total.